The molecule has 1 fully saturated rings. The molecular formula is C37H30F2N10O4. The van der Waals surface area contributed by atoms with Crippen molar-refractivity contribution in [3.8, 4) is 5.69 Å². The van der Waals surface area contributed by atoms with Crippen molar-refractivity contribution in [1.82, 2.24) is 38.8 Å². The summed E-state index contributed by atoms with van der Waals surface area (Å²) in [5.41, 5.74) is 1.33. The average Bonchev–Trinajstić information content (AvgIpc) is 3.42. The van der Waals surface area contributed by atoms with Crippen molar-refractivity contribution in [2.24, 2.45) is 7.05 Å². The fraction of sp³-hybridized carbons (Fsp3) is 0.162. The van der Waals surface area contributed by atoms with E-state index in [0.717, 1.165) is 23.5 Å². The number of rotatable bonds is 7. The fourth-order valence-electron chi connectivity index (χ4n) is 6.62. The molecular weight excluding hydrogens is 686 g/mol. The van der Waals surface area contributed by atoms with Crippen LogP contribution in [-0.2, 0) is 13.6 Å². The number of piperazine rings is 1. The first kappa shape index (κ1) is 33.2. The number of hydrogen-bond donors (Lipinski definition) is 2. The summed E-state index contributed by atoms with van der Waals surface area (Å²) < 4.78 is 33.8. The lowest BCUT2D eigenvalue weighted by molar-refractivity contribution is 0.0742. The molecule has 0 aliphatic carbocycles. The van der Waals surface area contributed by atoms with Crippen LogP contribution in [0.2, 0.25) is 0 Å². The molecule has 0 radical (unpaired) electrons. The number of carbonyl (C=O) groups is 1. The number of aromatic nitrogens is 7. The number of benzene rings is 3. The Morgan fingerprint density at radius 3 is 2.43 bits per heavy atom. The summed E-state index contributed by atoms with van der Waals surface area (Å²) in [4.78, 5) is 70.2. The highest BCUT2D eigenvalue weighted by Gasteiger charge is 2.25. The molecule has 0 spiro atoms. The van der Waals surface area contributed by atoms with Gasteiger partial charge in [0, 0.05) is 57.0 Å². The monoisotopic (exact) mass is 716 g/mol. The van der Waals surface area contributed by atoms with E-state index in [1.165, 1.54) is 39.7 Å². The van der Waals surface area contributed by atoms with Crippen molar-refractivity contribution in [3.05, 3.63) is 145 Å². The first-order valence-electron chi connectivity index (χ1n) is 16.6. The van der Waals surface area contributed by atoms with Crippen molar-refractivity contribution < 1.29 is 13.6 Å². The van der Waals surface area contributed by atoms with E-state index in [0.29, 0.717) is 54.4 Å². The molecule has 1 aliphatic heterocycles. The fourth-order valence-corrected chi connectivity index (χ4v) is 6.62. The van der Waals surface area contributed by atoms with Gasteiger partial charge < -0.3 is 15.1 Å². The predicted octanol–water partition coefficient (Wildman–Crippen LogP) is 3.55. The Balaban J connectivity index is 0.939. The molecule has 8 rings (SSSR count). The van der Waals surface area contributed by atoms with E-state index < -0.39 is 28.8 Å². The number of pyridine rings is 1. The van der Waals surface area contributed by atoms with Crippen LogP contribution in [0.25, 0.3) is 27.6 Å². The molecule has 3 aromatic carbocycles. The highest BCUT2D eigenvalue weighted by Crippen LogP contribution is 2.24. The van der Waals surface area contributed by atoms with Gasteiger partial charge >= 0.3 is 5.69 Å². The van der Waals surface area contributed by atoms with Crippen LogP contribution in [0.1, 0.15) is 15.9 Å². The third-order valence-electron chi connectivity index (χ3n) is 9.32. The molecule has 4 aromatic heterocycles. The summed E-state index contributed by atoms with van der Waals surface area (Å²) in [7, 11) is 1.66. The largest absolute Gasteiger partial charge is 0.368 e. The zero-order valence-electron chi connectivity index (χ0n) is 28.2. The molecule has 7 aromatic rings. The summed E-state index contributed by atoms with van der Waals surface area (Å²) >= 11 is 0. The molecule has 14 nitrogen and oxygen atoms in total. The smallest absolute Gasteiger partial charge is 0.329 e. The van der Waals surface area contributed by atoms with Gasteiger partial charge in [0.05, 0.1) is 34.9 Å². The number of halogens is 2. The summed E-state index contributed by atoms with van der Waals surface area (Å²) in [6.07, 6.45) is 4.79. The van der Waals surface area contributed by atoms with Gasteiger partial charge in [-0.1, -0.05) is 12.1 Å². The van der Waals surface area contributed by atoms with Gasteiger partial charge in [0.25, 0.3) is 17.0 Å². The zero-order valence-corrected chi connectivity index (χ0v) is 28.2. The van der Waals surface area contributed by atoms with Gasteiger partial charge in [-0.3, -0.25) is 28.9 Å². The minimum Gasteiger partial charge on any atom is -0.368 e. The van der Waals surface area contributed by atoms with Crippen molar-refractivity contribution in [2.75, 3.05) is 36.4 Å². The number of nitrogens with one attached hydrogen (secondary N) is 2. The Morgan fingerprint density at radius 1 is 0.887 bits per heavy atom. The number of carbonyl (C=O) groups excluding carboxylic acids is 1. The van der Waals surface area contributed by atoms with Crippen molar-refractivity contribution in [1.29, 1.82) is 0 Å². The normalized spacial score (nSPS) is 13.2. The maximum atomic E-state index is 15.0. The Kier molecular flexibility index (Phi) is 8.33. The second kappa shape index (κ2) is 13.3. The standard InChI is InChI=1S/C37H30F2N10O4/c1-45-34(51)27-20-41-36(43-32(27)49(45)25-4-3-13-40-19-25)42-23-8-10-24(11-9-23)46-14-16-47(17-15-46)35(52)26-18-22(7-12-28(26)38)21-48-30-6-2-5-29(39)31(30)33(50)44-37(48)53/h2-13,18-20H,14-17,21H2,1H3,(H,41,42,43)(H,44,50,53). The van der Waals surface area contributed by atoms with Gasteiger partial charge in [0.1, 0.15) is 17.0 Å². The lowest BCUT2D eigenvalue weighted by Gasteiger charge is -2.36. The highest BCUT2D eigenvalue weighted by molar-refractivity contribution is 5.95. The third-order valence-corrected chi connectivity index (χ3v) is 9.32. The molecule has 1 aliphatic rings. The molecule has 5 heterocycles. The minimum atomic E-state index is -0.840. The van der Waals surface area contributed by atoms with Gasteiger partial charge in [-0.05, 0) is 66.2 Å². The Morgan fingerprint density at radius 2 is 1.68 bits per heavy atom. The SMILES string of the molecule is Cn1c(=O)c2cnc(Nc3ccc(N4CCN(C(=O)c5cc(Cn6c(=O)[nH]c(=O)c7c(F)cccc76)ccc5F)CC4)cc3)nc2n1-c1cccnc1. The van der Waals surface area contributed by atoms with Crippen LogP contribution in [0, 0.1) is 11.6 Å². The highest BCUT2D eigenvalue weighted by atomic mass is 19.1. The van der Waals surface area contributed by atoms with E-state index in [4.69, 9.17) is 0 Å². The first-order chi connectivity index (χ1) is 25.7. The predicted molar refractivity (Wildman–Crippen MR) is 194 cm³/mol. The van der Waals surface area contributed by atoms with Crippen LogP contribution >= 0.6 is 0 Å². The molecule has 266 valence electrons. The third kappa shape index (κ3) is 6.09. The summed E-state index contributed by atoms with van der Waals surface area (Å²) in [6, 6.07) is 19.2. The van der Waals surface area contributed by atoms with Crippen LogP contribution in [0.15, 0.2) is 106 Å². The number of hydrogen-bond acceptors (Lipinski definition) is 9. The Hall–Kier alpha value is -6.97. The molecule has 0 bridgehead atoms. The van der Waals surface area contributed by atoms with Crippen LogP contribution in [0.5, 0.6) is 0 Å². The molecule has 0 unspecified atom stereocenters. The summed E-state index contributed by atoms with van der Waals surface area (Å²) in [5, 5.41) is 3.31. The number of aromatic amines is 1. The number of fused-ring (bicyclic) bond motifs is 2. The van der Waals surface area contributed by atoms with E-state index in [1.807, 2.05) is 30.3 Å². The maximum absolute atomic E-state index is 15.0. The average molecular weight is 717 g/mol. The van der Waals surface area contributed by atoms with E-state index in [-0.39, 0.29) is 28.6 Å². The van der Waals surface area contributed by atoms with Gasteiger partial charge in [0.2, 0.25) is 5.95 Å². The summed E-state index contributed by atoms with van der Waals surface area (Å²) in [6.45, 7) is 1.58. The lowest BCUT2D eigenvalue weighted by Crippen LogP contribution is -2.49. The molecule has 16 heteroatoms. The molecule has 53 heavy (non-hydrogen) atoms. The van der Waals surface area contributed by atoms with Crippen LogP contribution in [-0.4, -0.2) is 70.9 Å². The maximum Gasteiger partial charge on any atom is 0.329 e. The van der Waals surface area contributed by atoms with Crippen LogP contribution in [0.4, 0.5) is 26.1 Å². The minimum absolute atomic E-state index is 0.0892. The van der Waals surface area contributed by atoms with Gasteiger partial charge in [-0.15, -0.1) is 0 Å². The zero-order chi connectivity index (χ0) is 36.8. The van der Waals surface area contributed by atoms with Gasteiger partial charge in [-0.25, -0.2) is 27.9 Å². The van der Waals surface area contributed by atoms with Gasteiger partial charge in [-0.2, -0.15) is 4.98 Å². The van der Waals surface area contributed by atoms with Crippen LogP contribution < -0.4 is 27.0 Å². The number of amides is 1. The van der Waals surface area contributed by atoms with E-state index >= 15 is 4.39 Å². The Bertz CT molecular complexity index is 2720. The first-order valence-corrected chi connectivity index (χ1v) is 16.6. The Labute approximate surface area is 298 Å². The number of H-pyrrole nitrogens is 1. The number of anilines is 3. The molecule has 2 N–H and O–H groups in total. The van der Waals surface area contributed by atoms with E-state index in [1.54, 1.807) is 35.1 Å². The molecule has 0 saturated carbocycles. The van der Waals surface area contributed by atoms with Crippen molar-refractivity contribution in [2.45, 2.75) is 6.54 Å². The van der Waals surface area contributed by atoms with Crippen molar-refractivity contribution >= 4 is 45.2 Å². The quantitative estimate of drug-likeness (QED) is 0.252. The van der Waals surface area contributed by atoms with Gasteiger partial charge in [0.15, 0.2) is 5.65 Å². The second-order valence-corrected chi connectivity index (χ2v) is 12.5. The van der Waals surface area contributed by atoms with Crippen molar-refractivity contribution in [3.63, 3.8) is 0 Å². The molecule has 1 saturated heterocycles. The second-order valence-electron chi connectivity index (χ2n) is 12.5. The van der Waals surface area contributed by atoms with E-state index in [9.17, 15) is 23.6 Å². The molecule has 1 amide bonds. The van der Waals surface area contributed by atoms with E-state index in [2.05, 4.69) is 30.2 Å². The lowest BCUT2D eigenvalue weighted by atomic mass is 10.1. The topological polar surface area (TPSA) is 156 Å². The van der Waals surface area contributed by atoms with Crippen LogP contribution in [0.3, 0.4) is 0 Å². The summed E-state index contributed by atoms with van der Waals surface area (Å²) in [5.74, 6) is -1.65. The number of nitrogens with zero attached hydrogens (tertiary/aromatic N) is 8. The molecule has 0 atom stereocenters.